The van der Waals surface area contributed by atoms with Gasteiger partial charge in [0, 0.05) is 5.92 Å². The van der Waals surface area contributed by atoms with E-state index in [4.69, 9.17) is 9.26 Å². The number of esters is 1. The molecule has 116 valence electrons. The minimum atomic E-state index is -3.00. The topological polar surface area (TPSA) is 99.4 Å². The highest BCUT2D eigenvalue weighted by molar-refractivity contribution is 7.91. The van der Waals surface area contributed by atoms with Gasteiger partial charge in [0.2, 0.25) is 5.89 Å². The van der Waals surface area contributed by atoms with Crippen LogP contribution in [0.3, 0.4) is 0 Å². The van der Waals surface area contributed by atoms with Crippen molar-refractivity contribution in [3.8, 4) is 0 Å². The number of carbonyl (C=O) groups is 1. The third-order valence-corrected chi connectivity index (χ3v) is 6.09. The Morgan fingerprint density at radius 1 is 1.48 bits per heavy atom. The molecule has 2 heterocycles. The molecule has 2 aliphatic rings. The first-order chi connectivity index (χ1) is 9.97. The molecule has 1 saturated heterocycles. The van der Waals surface area contributed by atoms with Crippen LogP contribution in [0, 0.1) is 0 Å². The molecule has 0 amide bonds. The molecule has 1 atom stereocenters. The van der Waals surface area contributed by atoms with Crippen LogP contribution in [-0.2, 0) is 24.8 Å². The Morgan fingerprint density at radius 3 is 2.76 bits per heavy atom. The predicted octanol–water partition coefficient (Wildman–Crippen LogP) is 0.956. The summed E-state index contributed by atoms with van der Waals surface area (Å²) in [6, 6.07) is 0. The van der Waals surface area contributed by atoms with Gasteiger partial charge in [0.1, 0.15) is 5.41 Å². The predicted molar refractivity (Wildman–Crippen MR) is 72.5 cm³/mol. The van der Waals surface area contributed by atoms with Crippen LogP contribution in [0.1, 0.15) is 50.2 Å². The van der Waals surface area contributed by atoms with Crippen molar-refractivity contribution < 1.29 is 22.5 Å². The molecule has 1 aliphatic heterocycles. The van der Waals surface area contributed by atoms with E-state index < -0.39 is 15.3 Å². The molecule has 0 aromatic carbocycles. The second-order valence-corrected chi connectivity index (χ2v) is 7.94. The van der Waals surface area contributed by atoms with Gasteiger partial charge in [-0.1, -0.05) is 11.6 Å². The Balaban J connectivity index is 1.83. The molecule has 0 N–H and O–H groups in total. The summed E-state index contributed by atoms with van der Waals surface area (Å²) in [6.45, 7) is 2.06. The second kappa shape index (κ2) is 5.08. The number of rotatable bonds is 4. The second-order valence-electron chi connectivity index (χ2n) is 5.71. The molecule has 1 saturated carbocycles. The largest absolute Gasteiger partial charge is 0.465 e. The quantitative estimate of drug-likeness (QED) is 0.763. The maximum Gasteiger partial charge on any atom is 0.321 e. The van der Waals surface area contributed by atoms with Crippen molar-refractivity contribution in [1.29, 1.82) is 0 Å². The highest BCUT2D eigenvalue weighted by Gasteiger charge is 2.52. The first kappa shape index (κ1) is 14.5. The van der Waals surface area contributed by atoms with E-state index in [1.165, 1.54) is 0 Å². The van der Waals surface area contributed by atoms with Crippen LogP contribution in [0.25, 0.3) is 0 Å². The van der Waals surface area contributed by atoms with E-state index >= 15 is 0 Å². The van der Waals surface area contributed by atoms with E-state index in [1.54, 1.807) is 6.92 Å². The minimum absolute atomic E-state index is 0.0539. The average molecular weight is 314 g/mol. The molecule has 0 radical (unpaired) electrons. The molecule has 0 bridgehead atoms. The van der Waals surface area contributed by atoms with Crippen LogP contribution < -0.4 is 0 Å². The van der Waals surface area contributed by atoms with E-state index in [0.717, 1.165) is 6.42 Å². The molecule has 1 aromatic heterocycles. The maximum absolute atomic E-state index is 12.1. The Labute approximate surface area is 123 Å². The zero-order valence-electron chi connectivity index (χ0n) is 11.9. The summed E-state index contributed by atoms with van der Waals surface area (Å²) in [5.74, 6) is 0.314. The minimum Gasteiger partial charge on any atom is -0.465 e. The summed E-state index contributed by atoms with van der Waals surface area (Å²) in [6.07, 6.45) is 2.69. The summed E-state index contributed by atoms with van der Waals surface area (Å²) in [5.41, 5.74) is -0.821. The van der Waals surface area contributed by atoms with Gasteiger partial charge in [-0.2, -0.15) is 4.98 Å². The monoisotopic (exact) mass is 314 g/mol. The van der Waals surface area contributed by atoms with Crippen LogP contribution in [0.4, 0.5) is 0 Å². The molecule has 3 rings (SSSR count). The van der Waals surface area contributed by atoms with Gasteiger partial charge in [0.15, 0.2) is 15.7 Å². The molecular weight excluding hydrogens is 296 g/mol. The van der Waals surface area contributed by atoms with Crippen molar-refractivity contribution in [2.75, 3.05) is 18.1 Å². The van der Waals surface area contributed by atoms with Crippen LogP contribution in [-0.4, -0.2) is 42.6 Å². The van der Waals surface area contributed by atoms with E-state index in [0.29, 0.717) is 31.7 Å². The van der Waals surface area contributed by atoms with Gasteiger partial charge in [0.25, 0.3) is 0 Å². The fraction of sp³-hybridized carbons (Fsp3) is 0.769. The van der Waals surface area contributed by atoms with E-state index in [9.17, 15) is 13.2 Å². The Kier molecular flexibility index (Phi) is 3.51. The van der Waals surface area contributed by atoms with Crippen molar-refractivity contribution in [3.05, 3.63) is 11.7 Å². The van der Waals surface area contributed by atoms with Gasteiger partial charge in [0.05, 0.1) is 18.1 Å². The third-order valence-electron chi connectivity index (χ3n) is 4.32. The molecule has 0 spiro atoms. The summed E-state index contributed by atoms with van der Waals surface area (Å²) in [5, 5.41) is 3.90. The van der Waals surface area contributed by atoms with Gasteiger partial charge in [-0.15, -0.1) is 0 Å². The van der Waals surface area contributed by atoms with Gasteiger partial charge in [-0.05, 0) is 26.2 Å². The molecule has 1 unspecified atom stereocenters. The third kappa shape index (κ3) is 2.45. The molecule has 7 nitrogen and oxygen atoms in total. The van der Waals surface area contributed by atoms with E-state index in [1.807, 2.05) is 0 Å². The zero-order valence-corrected chi connectivity index (χ0v) is 12.7. The van der Waals surface area contributed by atoms with Crippen LogP contribution in [0.2, 0.25) is 0 Å². The van der Waals surface area contributed by atoms with E-state index in [-0.39, 0.29) is 29.3 Å². The SMILES string of the molecule is CCOC(=O)C1(c2nc(C3CCS(=O)(=O)C3)no2)CCC1. The Morgan fingerprint density at radius 2 is 2.24 bits per heavy atom. The standard InChI is InChI=1S/C13H18N2O5S/c1-2-19-12(16)13(5-3-6-13)11-14-10(15-20-11)9-4-7-21(17,18)8-9/h9H,2-8H2,1H3. The fourth-order valence-electron chi connectivity index (χ4n) is 2.90. The average Bonchev–Trinajstić information content (AvgIpc) is 2.95. The van der Waals surface area contributed by atoms with Gasteiger partial charge < -0.3 is 9.26 Å². The number of aromatic nitrogens is 2. The maximum atomic E-state index is 12.1. The van der Waals surface area contributed by atoms with E-state index in [2.05, 4.69) is 10.1 Å². The van der Waals surface area contributed by atoms with Crippen molar-refractivity contribution in [2.24, 2.45) is 0 Å². The van der Waals surface area contributed by atoms with Gasteiger partial charge in [-0.3, -0.25) is 4.79 Å². The number of hydrogen-bond acceptors (Lipinski definition) is 7. The zero-order chi connectivity index (χ0) is 15.1. The lowest BCUT2D eigenvalue weighted by atomic mass is 9.68. The number of ether oxygens (including phenoxy) is 1. The summed E-state index contributed by atoms with van der Waals surface area (Å²) in [7, 11) is -3.00. The highest BCUT2D eigenvalue weighted by atomic mass is 32.2. The van der Waals surface area contributed by atoms with Crippen molar-refractivity contribution in [2.45, 2.75) is 43.9 Å². The number of carbonyl (C=O) groups excluding carboxylic acids is 1. The molecule has 2 fully saturated rings. The number of hydrogen-bond donors (Lipinski definition) is 0. The lowest BCUT2D eigenvalue weighted by Gasteiger charge is -2.35. The summed E-state index contributed by atoms with van der Waals surface area (Å²) < 4.78 is 33.4. The summed E-state index contributed by atoms with van der Waals surface area (Å²) in [4.78, 5) is 16.4. The van der Waals surface area contributed by atoms with Crippen LogP contribution >= 0.6 is 0 Å². The normalized spacial score (nSPS) is 26.2. The fourth-order valence-corrected chi connectivity index (χ4v) is 4.64. The Hall–Kier alpha value is -1.44. The summed E-state index contributed by atoms with van der Waals surface area (Å²) >= 11 is 0. The molecule has 1 aromatic rings. The van der Waals surface area contributed by atoms with Crippen LogP contribution in [0.5, 0.6) is 0 Å². The molecular formula is C13H18N2O5S. The van der Waals surface area contributed by atoms with Gasteiger partial charge >= 0.3 is 5.97 Å². The highest BCUT2D eigenvalue weighted by Crippen LogP contribution is 2.44. The number of sulfone groups is 1. The van der Waals surface area contributed by atoms with Crippen LogP contribution in [0.15, 0.2) is 4.52 Å². The van der Waals surface area contributed by atoms with Crippen molar-refractivity contribution in [1.82, 2.24) is 10.1 Å². The van der Waals surface area contributed by atoms with Gasteiger partial charge in [-0.25, -0.2) is 8.42 Å². The number of nitrogens with zero attached hydrogens (tertiary/aromatic N) is 2. The first-order valence-electron chi connectivity index (χ1n) is 7.18. The van der Waals surface area contributed by atoms with Crippen molar-refractivity contribution in [3.63, 3.8) is 0 Å². The molecule has 1 aliphatic carbocycles. The first-order valence-corrected chi connectivity index (χ1v) is 9.01. The van der Waals surface area contributed by atoms with Crippen molar-refractivity contribution >= 4 is 15.8 Å². The lowest BCUT2D eigenvalue weighted by Crippen LogP contribution is -2.44. The lowest BCUT2D eigenvalue weighted by molar-refractivity contribution is -0.155. The Bertz CT molecular complexity index is 647. The smallest absolute Gasteiger partial charge is 0.321 e. The molecule has 21 heavy (non-hydrogen) atoms. The molecule has 8 heteroatoms.